The van der Waals surface area contributed by atoms with Crippen LogP contribution in [0.15, 0.2) is 36.4 Å². The number of nitrogens with one attached hydrogen (secondary N) is 3. The van der Waals surface area contributed by atoms with Gasteiger partial charge in [-0.25, -0.2) is 4.79 Å². The Morgan fingerprint density at radius 3 is 2.60 bits per heavy atom. The Morgan fingerprint density at radius 1 is 1.12 bits per heavy atom. The lowest BCUT2D eigenvalue weighted by Crippen LogP contribution is -2.20. The highest BCUT2D eigenvalue weighted by Gasteiger charge is 2.10. The lowest BCUT2D eigenvalue weighted by atomic mass is 10.1. The number of nitrogens with two attached hydrogens (primary N) is 1. The second kappa shape index (κ2) is 9.48. The van der Waals surface area contributed by atoms with Crippen LogP contribution in [-0.2, 0) is 6.42 Å². The molecule has 0 saturated carbocycles. The van der Waals surface area contributed by atoms with E-state index in [1.807, 2.05) is 0 Å². The van der Waals surface area contributed by atoms with E-state index in [-0.39, 0.29) is 6.61 Å². The topological polar surface area (TPSA) is 99.4 Å². The molecule has 0 unspecified atom stereocenters. The molecule has 0 aromatic heterocycles. The van der Waals surface area contributed by atoms with Crippen LogP contribution < -0.4 is 21.7 Å². The van der Waals surface area contributed by atoms with Crippen molar-refractivity contribution in [2.24, 2.45) is 5.73 Å². The van der Waals surface area contributed by atoms with Gasteiger partial charge < -0.3 is 26.8 Å². The highest BCUT2D eigenvalue weighted by molar-refractivity contribution is 6.32. The molecular weight excluding hydrogens is 363 g/mol. The molecule has 0 heterocycles. The quantitative estimate of drug-likeness (QED) is 0.505. The van der Waals surface area contributed by atoms with Crippen molar-refractivity contribution in [1.29, 1.82) is 0 Å². The van der Waals surface area contributed by atoms with E-state index < -0.39 is 6.03 Å². The van der Waals surface area contributed by atoms with Crippen molar-refractivity contribution in [3.8, 4) is 0 Å². The monoisotopic (exact) mass is 382 g/mol. The first-order valence-electron chi connectivity index (χ1n) is 7.74. The summed E-state index contributed by atoms with van der Waals surface area (Å²) in [6.07, 6.45) is 0.347. The molecule has 6 N–H and O–H groups in total. The number of anilines is 3. The Balaban J connectivity index is 2.10. The molecule has 134 valence electrons. The van der Waals surface area contributed by atoms with Crippen LogP contribution >= 0.6 is 23.2 Å². The van der Waals surface area contributed by atoms with Crippen molar-refractivity contribution in [2.45, 2.75) is 6.42 Å². The van der Waals surface area contributed by atoms with E-state index in [2.05, 4.69) is 16.0 Å². The minimum Gasteiger partial charge on any atom is -0.396 e. The van der Waals surface area contributed by atoms with Crippen molar-refractivity contribution in [1.82, 2.24) is 0 Å². The molecule has 0 fully saturated rings. The van der Waals surface area contributed by atoms with Crippen molar-refractivity contribution < 1.29 is 9.90 Å². The Kier molecular flexibility index (Phi) is 7.33. The average Bonchev–Trinajstić information content (AvgIpc) is 2.55. The van der Waals surface area contributed by atoms with Gasteiger partial charge in [0.25, 0.3) is 0 Å². The number of carbonyl (C=O) groups is 1. The summed E-state index contributed by atoms with van der Waals surface area (Å²) >= 11 is 12.2. The largest absolute Gasteiger partial charge is 0.396 e. The van der Waals surface area contributed by atoms with Crippen LogP contribution in [0.25, 0.3) is 0 Å². The van der Waals surface area contributed by atoms with Gasteiger partial charge in [0.05, 0.1) is 0 Å². The molecule has 0 radical (unpaired) electrons. The van der Waals surface area contributed by atoms with Crippen molar-refractivity contribution in [2.75, 3.05) is 35.6 Å². The molecule has 0 aliphatic carbocycles. The summed E-state index contributed by atoms with van der Waals surface area (Å²) in [7, 11) is 0. The third-order valence-corrected chi connectivity index (χ3v) is 3.93. The van der Waals surface area contributed by atoms with E-state index in [1.54, 1.807) is 36.4 Å². The predicted octanol–water partition coefficient (Wildman–Crippen LogP) is 3.54. The van der Waals surface area contributed by atoms with Crippen LogP contribution in [0.5, 0.6) is 0 Å². The maximum Gasteiger partial charge on any atom is 0.323 e. The van der Waals surface area contributed by atoms with Crippen LogP contribution in [-0.4, -0.2) is 30.8 Å². The summed E-state index contributed by atoms with van der Waals surface area (Å²) in [5.41, 5.74) is 7.99. The van der Waals surface area contributed by atoms with E-state index in [4.69, 9.17) is 34.0 Å². The smallest absolute Gasteiger partial charge is 0.323 e. The van der Waals surface area contributed by atoms with Gasteiger partial charge in [-0.3, -0.25) is 0 Å². The first-order valence-corrected chi connectivity index (χ1v) is 8.50. The maximum atomic E-state index is 12.3. The Labute approximate surface area is 156 Å². The summed E-state index contributed by atoms with van der Waals surface area (Å²) in [4.78, 5) is 12.3. The summed E-state index contributed by atoms with van der Waals surface area (Å²) in [6, 6.07) is 9.87. The summed E-state index contributed by atoms with van der Waals surface area (Å²) in [5, 5.41) is 18.7. The fourth-order valence-electron chi connectivity index (χ4n) is 2.31. The van der Waals surface area contributed by atoms with E-state index in [0.29, 0.717) is 46.5 Å². The van der Waals surface area contributed by atoms with Crippen LogP contribution in [0, 0.1) is 0 Å². The molecule has 25 heavy (non-hydrogen) atoms. The van der Waals surface area contributed by atoms with Crippen LogP contribution in [0.3, 0.4) is 0 Å². The molecular formula is C17H20Cl2N4O2. The summed E-state index contributed by atoms with van der Waals surface area (Å²) in [6.45, 7) is 1.02. The highest BCUT2D eigenvalue weighted by atomic mass is 35.5. The zero-order valence-corrected chi connectivity index (χ0v) is 15.0. The Hall–Kier alpha value is -1.99. The van der Waals surface area contributed by atoms with E-state index in [0.717, 1.165) is 5.69 Å². The van der Waals surface area contributed by atoms with Gasteiger partial charge in [0.15, 0.2) is 0 Å². The summed E-state index contributed by atoms with van der Waals surface area (Å²) < 4.78 is 0. The highest BCUT2D eigenvalue weighted by Crippen LogP contribution is 2.26. The minimum atomic E-state index is -0.437. The number of amides is 2. The molecule has 0 spiro atoms. The lowest BCUT2D eigenvalue weighted by molar-refractivity contribution is 0.262. The van der Waals surface area contributed by atoms with E-state index >= 15 is 0 Å². The standard InChI is InChI=1S/C17H20Cl2N4O2/c18-11-8-12(21-6-5-20)10-13(9-11)22-17(25)23-16-3-1-2-15(19)14(16)4-7-24/h1-3,8-10,21,24H,4-7,20H2,(H2,22,23,25). The Morgan fingerprint density at radius 2 is 1.88 bits per heavy atom. The van der Waals surface area contributed by atoms with Crippen molar-refractivity contribution in [3.63, 3.8) is 0 Å². The molecule has 0 saturated heterocycles. The Bertz CT molecular complexity index is 741. The van der Waals surface area contributed by atoms with Gasteiger partial charge >= 0.3 is 6.03 Å². The number of aliphatic hydroxyl groups is 1. The fourth-order valence-corrected chi connectivity index (χ4v) is 2.81. The first-order chi connectivity index (χ1) is 12.0. The SMILES string of the molecule is NCCNc1cc(Cl)cc(NC(=O)Nc2cccc(Cl)c2CCO)c1. The maximum absolute atomic E-state index is 12.3. The van der Waals surface area contributed by atoms with Gasteiger partial charge in [-0.1, -0.05) is 29.3 Å². The zero-order valence-electron chi connectivity index (χ0n) is 13.5. The molecule has 2 aromatic rings. The fraction of sp³-hybridized carbons (Fsp3) is 0.235. The second-order valence-electron chi connectivity index (χ2n) is 5.26. The summed E-state index contributed by atoms with van der Waals surface area (Å²) in [5.74, 6) is 0. The third-order valence-electron chi connectivity index (χ3n) is 3.36. The van der Waals surface area contributed by atoms with Crippen molar-refractivity contribution >= 4 is 46.3 Å². The zero-order chi connectivity index (χ0) is 18.2. The normalized spacial score (nSPS) is 10.4. The number of urea groups is 1. The van der Waals surface area contributed by atoms with Crippen LogP contribution in [0.4, 0.5) is 21.9 Å². The van der Waals surface area contributed by atoms with E-state index in [1.165, 1.54) is 0 Å². The molecule has 6 nitrogen and oxygen atoms in total. The number of aliphatic hydroxyl groups excluding tert-OH is 1. The third kappa shape index (κ3) is 5.79. The van der Waals surface area contributed by atoms with Gasteiger partial charge in [0.1, 0.15) is 0 Å². The number of carbonyl (C=O) groups excluding carboxylic acids is 1. The molecule has 2 aromatic carbocycles. The molecule has 2 rings (SSSR count). The molecule has 0 aliphatic heterocycles. The predicted molar refractivity (Wildman–Crippen MR) is 104 cm³/mol. The average molecular weight is 383 g/mol. The van der Waals surface area contributed by atoms with Gasteiger partial charge in [0.2, 0.25) is 0 Å². The number of halogens is 2. The van der Waals surface area contributed by atoms with Gasteiger partial charge in [-0.05, 0) is 42.3 Å². The number of rotatable bonds is 7. The molecule has 0 aliphatic rings. The number of hydrogen-bond donors (Lipinski definition) is 5. The van der Waals surface area contributed by atoms with Crippen LogP contribution in [0.1, 0.15) is 5.56 Å². The minimum absolute atomic E-state index is 0.0650. The molecule has 2 amide bonds. The second-order valence-corrected chi connectivity index (χ2v) is 6.11. The van der Waals surface area contributed by atoms with Crippen molar-refractivity contribution in [3.05, 3.63) is 52.0 Å². The number of benzene rings is 2. The first kappa shape index (κ1) is 19.3. The van der Waals surface area contributed by atoms with Gasteiger partial charge in [0, 0.05) is 46.8 Å². The van der Waals surface area contributed by atoms with Gasteiger partial charge in [-0.2, -0.15) is 0 Å². The van der Waals surface area contributed by atoms with Gasteiger partial charge in [-0.15, -0.1) is 0 Å². The molecule has 0 bridgehead atoms. The molecule has 8 heteroatoms. The van der Waals surface area contributed by atoms with E-state index in [9.17, 15) is 4.79 Å². The number of hydrogen-bond acceptors (Lipinski definition) is 4. The van der Waals surface area contributed by atoms with Crippen LogP contribution in [0.2, 0.25) is 10.0 Å². The molecule has 0 atom stereocenters. The lowest BCUT2D eigenvalue weighted by Gasteiger charge is -2.14.